The Hall–Kier alpha value is -2.35. The highest BCUT2D eigenvalue weighted by Crippen LogP contribution is 2.22. The van der Waals surface area contributed by atoms with Crippen molar-refractivity contribution in [2.75, 3.05) is 36.9 Å². The number of hydrogen-bond acceptors (Lipinski definition) is 6. The molecule has 0 unspecified atom stereocenters. The molecule has 1 aromatic heterocycles. The number of nitrogens with zero attached hydrogens (tertiary/aromatic N) is 4. The van der Waals surface area contributed by atoms with Gasteiger partial charge in [0.2, 0.25) is 11.9 Å². The van der Waals surface area contributed by atoms with Gasteiger partial charge in [-0.05, 0) is 12.1 Å². The van der Waals surface area contributed by atoms with E-state index >= 15 is 0 Å². The molecule has 2 aromatic rings. The molecule has 1 aromatic carbocycles. The van der Waals surface area contributed by atoms with Crippen LogP contribution in [0.15, 0.2) is 18.2 Å². The van der Waals surface area contributed by atoms with Gasteiger partial charge in [-0.1, -0.05) is 0 Å². The zero-order valence-corrected chi connectivity index (χ0v) is 11.1. The summed E-state index contributed by atoms with van der Waals surface area (Å²) >= 11 is 0. The summed E-state index contributed by atoms with van der Waals surface area (Å²) in [7, 11) is 0. The number of rotatable bonds is 2. The fraction of sp³-hybridized carbons (Fsp3) is 0.308. The molecule has 1 saturated heterocycles. The first-order chi connectivity index (χ1) is 10.1. The molecular weight excluding hydrogens is 280 g/mol. The van der Waals surface area contributed by atoms with E-state index in [2.05, 4.69) is 15.0 Å². The highest BCUT2D eigenvalue weighted by molar-refractivity contribution is 5.58. The Morgan fingerprint density at radius 2 is 1.86 bits per heavy atom. The lowest BCUT2D eigenvalue weighted by atomic mass is 10.2. The van der Waals surface area contributed by atoms with E-state index in [1.165, 1.54) is 6.07 Å². The number of aromatic nitrogens is 3. The van der Waals surface area contributed by atoms with Gasteiger partial charge in [0.25, 0.3) is 0 Å². The van der Waals surface area contributed by atoms with Crippen molar-refractivity contribution in [1.29, 1.82) is 0 Å². The predicted octanol–water partition coefficient (Wildman–Crippen LogP) is 1.24. The van der Waals surface area contributed by atoms with Crippen molar-refractivity contribution in [2.24, 2.45) is 0 Å². The summed E-state index contributed by atoms with van der Waals surface area (Å²) in [5, 5.41) is 0. The van der Waals surface area contributed by atoms with Gasteiger partial charge in [0.1, 0.15) is 11.6 Å². The number of benzene rings is 1. The number of ether oxygens (including phenoxy) is 1. The van der Waals surface area contributed by atoms with Crippen molar-refractivity contribution < 1.29 is 13.5 Å². The minimum Gasteiger partial charge on any atom is -0.378 e. The maximum absolute atomic E-state index is 13.8. The van der Waals surface area contributed by atoms with E-state index in [4.69, 9.17) is 10.5 Å². The maximum atomic E-state index is 13.8. The maximum Gasteiger partial charge on any atom is 0.230 e. The van der Waals surface area contributed by atoms with Crippen LogP contribution in [0, 0.1) is 11.6 Å². The number of nitrogen functional groups attached to an aromatic ring is 1. The molecule has 0 amide bonds. The molecule has 110 valence electrons. The Labute approximate surface area is 119 Å². The molecule has 3 rings (SSSR count). The van der Waals surface area contributed by atoms with Crippen LogP contribution in [0.4, 0.5) is 20.7 Å². The largest absolute Gasteiger partial charge is 0.378 e. The SMILES string of the molecule is Nc1nc(-c2ccc(F)cc2F)nc(N2CCOCC2)n1. The average molecular weight is 293 g/mol. The molecule has 6 nitrogen and oxygen atoms in total. The standard InChI is InChI=1S/C13H13F2N5O/c14-8-1-2-9(10(15)7-8)11-17-12(16)19-13(18-11)20-3-5-21-6-4-20/h1-2,7H,3-6H2,(H2,16,17,18,19). The van der Waals surface area contributed by atoms with Crippen LogP contribution < -0.4 is 10.6 Å². The number of morpholine rings is 1. The fourth-order valence-electron chi connectivity index (χ4n) is 2.08. The van der Waals surface area contributed by atoms with E-state index in [0.29, 0.717) is 32.3 Å². The van der Waals surface area contributed by atoms with E-state index in [1.807, 2.05) is 4.90 Å². The molecule has 2 N–H and O–H groups in total. The van der Waals surface area contributed by atoms with Crippen LogP contribution in [0.1, 0.15) is 0 Å². The first-order valence-electron chi connectivity index (χ1n) is 6.43. The number of anilines is 2. The summed E-state index contributed by atoms with van der Waals surface area (Å²) in [4.78, 5) is 14.1. The molecule has 1 fully saturated rings. The van der Waals surface area contributed by atoms with Crippen molar-refractivity contribution in [3.8, 4) is 11.4 Å². The topological polar surface area (TPSA) is 77.2 Å². The van der Waals surface area contributed by atoms with E-state index in [9.17, 15) is 8.78 Å². The fourth-order valence-corrected chi connectivity index (χ4v) is 2.08. The van der Waals surface area contributed by atoms with Crippen LogP contribution >= 0.6 is 0 Å². The second-order valence-electron chi connectivity index (χ2n) is 4.54. The highest BCUT2D eigenvalue weighted by atomic mass is 19.1. The Bertz CT molecular complexity index is 661. The number of halogens is 2. The third-order valence-corrected chi connectivity index (χ3v) is 3.11. The summed E-state index contributed by atoms with van der Waals surface area (Å²) < 4.78 is 32.1. The van der Waals surface area contributed by atoms with Gasteiger partial charge >= 0.3 is 0 Å². The minimum atomic E-state index is -0.742. The van der Waals surface area contributed by atoms with Crippen LogP contribution in [0.3, 0.4) is 0 Å². The van der Waals surface area contributed by atoms with Crippen molar-refractivity contribution in [2.45, 2.75) is 0 Å². The lowest BCUT2D eigenvalue weighted by Gasteiger charge is -2.26. The summed E-state index contributed by atoms with van der Waals surface area (Å²) in [6, 6.07) is 3.21. The van der Waals surface area contributed by atoms with Gasteiger partial charge < -0.3 is 15.4 Å². The second-order valence-corrected chi connectivity index (χ2v) is 4.54. The molecule has 0 atom stereocenters. The average Bonchev–Trinajstić information content (AvgIpc) is 2.47. The van der Waals surface area contributed by atoms with Crippen LogP contribution in [0.25, 0.3) is 11.4 Å². The molecule has 2 heterocycles. The highest BCUT2D eigenvalue weighted by Gasteiger charge is 2.18. The van der Waals surface area contributed by atoms with Crippen molar-refractivity contribution >= 4 is 11.9 Å². The van der Waals surface area contributed by atoms with E-state index in [0.717, 1.165) is 12.1 Å². The smallest absolute Gasteiger partial charge is 0.230 e. The van der Waals surface area contributed by atoms with Crippen LogP contribution in [-0.2, 0) is 4.74 Å². The summed E-state index contributed by atoms with van der Waals surface area (Å²) in [6.07, 6.45) is 0. The summed E-state index contributed by atoms with van der Waals surface area (Å²) in [5.41, 5.74) is 5.75. The first kappa shape index (κ1) is 13.6. The molecule has 0 bridgehead atoms. The molecule has 1 aliphatic rings. The van der Waals surface area contributed by atoms with Crippen molar-refractivity contribution in [3.63, 3.8) is 0 Å². The number of hydrogen-bond donors (Lipinski definition) is 1. The normalized spacial score (nSPS) is 15.2. The summed E-state index contributed by atoms with van der Waals surface area (Å²) in [6.45, 7) is 2.36. The summed E-state index contributed by atoms with van der Waals surface area (Å²) in [5.74, 6) is -0.962. The van der Waals surface area contributed by atoms with Gasteiger partial charge in [-0.25, -0.2) is 8.78 Å². The Kier molecular flexibility index (Phi) is 3.61. The van der Waals surface area contributed by atoms with Gasteiger partial charge in [-0.2, -0.15) is 15.0 Å². The molecular formula is C13H13F2N5O. The monoisotopic (exact) mass is 293 g/mol. The third kappa shape index (κ3) is 2.89. The quantitative estimate of drug-likeness (QED) is 0.897. The van der Waals surface area contributed by atoms with E-state index in [-0.39, 0.29) is 17.3 Å². The van der Waals surface area contributed by atoms with E-state index < -0.39 is 11.6 Å². The predicted molar refractivity (Wildman–Crippen MR) is 72.6 cm³/mol. The Balaban J connectivity index is 2.00. The van der Waals surface area contributed by atoms with Crippen LogP contribution in [0.2, 0.25) is 0 Å². The zero-order valence-electron chi connectivity index (χ0n) is 11.1. The van der Waals surface area contributed by atoms with E-state index in [1.54, 1.807) is 0 Å². The second kappa shape index (κ2) is 5.57. The Morgan fingerprint density at radius 1 is 1.10 bits per heavy atom. The van der Waals surface area contributed by atoms with Crippen molar-refractivity contribution in [1.82, 2.24) is 15.0 Å². The third-order valence-electron chi connectivity index (χ3n) is 3.11. The zero-order chi connectivity index (χ0) is 14.8. The molecule has 21 heavy (non-hydrogen) atoms. The molecule has 0 saturated carbocycles. The van der Waals surface area contributed by atoms with Gasteiger partial charge in [-0.3, -0.25) is 0 Å². The lowest BCUT2D eigenvalue weighted by Crippen LogP contribution is -2.37. The van der Waals surface area contributed by atoms with Crippen LogP contribution in [0.5, 0.6) is 0 Å². The molecule has 1 aliphatic heterocycles. The van der Waals surface area contributed by atoms with Gasteiger partial charge in [-0.15, -0.1) is 0 Å². The molecule has 8 heteroatoms. The lowest BCUT2D eigenvalue weighted by molar-refractivity contribution is 0.122. The van der Waals surface area contributed by atoms with Gasteiger partial charge in [0.05, 0.1) is 18.8 Å². The van der Waals surface area contributed by atoms with Crippen molar-refractivity contribution in [3.05, 3.63) is 29.8 Å². The minimum absolute atomic E-state index is 0.00906. The van der Waals surface area contributed by atoms with Crippen LogP contribution in [-0.4, -0.2) is 41.3 Å². The Morgan fingerprint density at radius 3 is 2.57 bits per heavy atom. The molecule has 0 spiro atoms. The number of nitrogens with two attached hydrogens (primary N) is 1. The molecule has 0 aliphatic carbocycles. The first-order valence-corrected chi connectivity index (χ1v) is 6.43. The van der Waals surface area contributed by atoms with Gasteiger partial charge in [0, 0.05) is 19.2 Å². The molecule has 0 radical (unpaired) electrons. The van der Waals surface area contributed by atoms with Gasteiger partial charge in [0.15, 0.2) is 5.82 Å².